The highest BCUT2D eigenvalue weighted by Crippen LogP contribution is 2.30. The molecular formula is C22H21N5O. The molecule has 1 heterocycles. The van der Waals surface area contributed by atoms with Crippen LogP contribution < -0.4 is 10.6 Å². The summed E-state index contributed by atoms with van der Waals surface area (Å²) in [4.78, 5) is 20.9. The van der Waals surface area contributed by atoms with E-state index in [9.17, 15) is 4.79 Å². The molecule has 2 N–H and O–H groups in total. The quantitative estimate of drug-likeness (QED) is 0.697. The van der Waals surface area contributed by atoms with E-state index in [0.29, 0.717) is 17.1 Å². The number of carbonyl (C=O) groups excluding carboxylic acids is 1. The molecule has 6 nitrogen and oxygen atoms in total. The molecule has 28 heavy (non-hydrogen) atoms. The number of hydrogen-bond donors (Lipinski definition) is 2. The van der Waals surface area contributed by atoms with Crippen LogP contribution in [0.25, 0.3) is 0 Å². The summed E-state index contributed by atoms with van der Waals surface area (Å²) < 4.78 is 0. The maximum atomic E-state index is 12.4. The average molecular weight is 371 g/mol. The van der Waals surface area contributed by atoms with Crippen molar-refractivity contribution in [3.8, 4) is 6.07 Å². The molecule has 0 aliphatic heterocycles. The van der Waals surface area contributed by atoms with Gasteiger partial charge in [0.05, 0.1) is 24.0 Å². The van der Waals surface area contributed by atoms with Gasteiger partial charge in [0.2, 0.25) is 0 Å². The molecule has 0 aliphatic rings. The van der Waals surface area contributed by atoms with E-state index in [4.69, 9.17) is 5.26 Å². The lowest BCUT2D eigenvalue weighted by Gasteiger charge is -2.23. The fraction of sp³-hybridized carbons (Fsp3) is 0.182. The van der Waals surface area contributed by atoms with Crippen molar-refractivity contribution in [2.45, 2.75) is 26.2 Å². The molecule has 0 radical (unpaired) electrons. The summed E-state index contributed by atoms with van der Waals surface area (Å²) in [6, 6.07) is 16.8. The summed E-state index contributed by atoms with van der Waals surface area (Å²) in [6.07, 6.45) is 2.95. The second-order valence-corrected chi connectivity index (χ2v) is 7.35. The van der Waals surface area contributed by atoms with Crippen LogP contribution in [-0.2, 0) is 5.41 Å². The molecule has 6 heteroatoms. The van der Waals surface area contributed by atoms with Crippen molar-refractivity contribution in [1.29, 1.82) is 5.26 Å². The van der Waals surface area contributed by atoms with Gasteiger partial charge in [0.15, 0.2) is 0 Å². The molecule has 0 unspecified atom stereocenters. The highest BCUT2D eigenvalue weighted by molar-refractivity contribution is 6.02. The lowest BCUT2D eigenvalue weighted by Crippen LogP contribution is -2.15. The van der Waals surface area contributed by atoms with Crippen LogP contribution >= 0.6 is 0 Å². The van der Waals surface area contributed by atoms with Gasteiger partial charge in [-0.05, 0) is 35.2 Å². The third kappa shape index (κ3) is 4.51. The zero-order valence-corrected chi connectivity index (χ0v) is 16.0. The van der Waals surface area contributed by atoms with Crippen LogP contribution in [0.1, 0.15) is 42.4 Å². The van der Waals surface area contributed by atoms with Crippen LogP contribution in [0, 0.1) is 11.3 Å². The molecule has 140 valence electrons. The van der Waals surface area contributed by atoms with Gasteiger partial charge in [-0.25, -0.2) is 9.97 Å². The number of nitriles is 1. The molecule has 0 bridgehead atoms. The van der Waals surface area contributed by atoms with Crippen LogP contribution in [0.2, 0.25) is 0 Å². The first-order valence-electron chi connectivity index (χ1n) is 8.87. The Morgan fingerprint density at radius 2 is 1.82 bits per heavy atom. The van der Waals surface area contributed by atoms with Crippen molar-refractivity contribution < 1.29 is 4.79 Å². The molecule has 0 aliphatic carbocycles. The molecule has 3 rings (SSSR count). The van der Waals surface area contributed by atoms with Gasteiger partial charge in [0.1, 0.15) is 11.5 Å². The summed E-state index contributed by atoms with van der Waals surface area (Å²) in [5.74, 6) is 0.170. The SMILES string of the molecule is CC(C)(C)c1ccccc1Nc1cnc(C(=O)Nc2cccc(C#N)c2)cn1. The molecular weight excluding hydrogens is 350 g/mol. The Labute approximate surface area is 164 Å². The van der Waals surface area contributed by atoms with Gasteiger partial charge < -0.3 is 10.6 Å². The van der Waals surface area contributed by atoms with E-state index in [1.54, 1.807) is 24.3 Å². The first-order chi connectivity index (χ1) is 13.4. The molecule has 0 atom stereocenters. The lowest BCUT2D eigenvalue weighted by molar-refractivity contribution is 0.102. The van der Waals surface area contributed by atoms with Crippen molar-refractivity contribution in [2.75, 3.05) is 10.6 Å². The van der Waals surface area contributed by atoms with Crippen LogP contribution in [0.4, 0.5) is 17.2 Å². The highest BCUT2D eigenvalue weighted by atomic mass is 16.1. The van der Waals surface area contributed by atoms with Crippen LogP contribution in [-0.4, -0.2) is 15.9 Å². The minimum Gasteiger partial charge on any atom is -0.339 e. The fourth-order valence-corrected chi connectivity index (χ4v) is 2.76. The number of rotatable bonds is 4. The second kappa shape index (κ2) is 7.89. The average Bonchev–Trinajstić information content (AvgIpc) is 2.68. The Hall–Kier alpha value is -3.72. The van der Waals surface area contributed by atoms with Crippen LogP contribution in [0.15, 0.2) is 60.9 Å². The Bertz CT molecular complexity index is 1030. The molecule has 1 aromatic heterocycles. The standard InChI is InChI=1S/C22H21N5O/c1-22(2,3)17-9-4-5-10-18(17)27-20-14-24-19(13-25-20)21(28)26-16-8-6-7-15(11-16)12-23/h4-11,13-14H,1-3H3,(H,25,27)(H,26,28). The largest absolute Gasteiger partial charge is 0.339 e. The Balaban J connectivity index is 1.74. The van der Waals surface area contributed by atoms with E-state index in [0.717, 1.165) is 11.3 Å². The zero-order valence-electron chi connectivity index (χ0n) is 16.0. The summed E-state index contributed by atoms with van der Waals surface area (Å²) >= 11 is 0. The summed E-state index contributed by atoms with van der Waals surface area (Å²) in [6.45, 7) is 6.44. The predicted octanol–water partition coefficient (Wildman–Crippen LogP) is 4.64. The molecule has 0 saturated heterocycles. The molecule has 0 fully saturated rings. The van der Waals surface area contributed by atoms with Gasteiger partial charge in [0, 0.05) is 11.4 Å². The van der Waals surface area contributed by atoms with E-state index in [1.165, 1.54) is 12.4 Å². The van der Waals surface area contributed by atoms with Crippen LogP contribution in [0.3, 0.4) is 0 Å². The maximum Gasteiger partial charge on any atom is 0.275 e. The van der Waals surface area contributed by atoms with E-state index >= 15 is 0 Å². The van der Waals surface area contributed by atoms with Gasteiger partial charge in [-0.3, -0.25) is 4.79 Å². The zero-order chi connectivity index (χ0) is 20.1. The van der Waals surface area contributed by atoms with E-state index in [2.05, 4.69) is 47.4 Å². The summed E-state index contributed by atoms with van der Waals surface area (Å²) in [5.41, 5.74) is 3.30. The molecule has 0 spiro atoms. The summed E-state index contributed by atoms with van der Waals surface area (Å²) in [5, 5.41) is 14.9. The van der Waals surface area contributed by atoms with Crippen LogP contribution in [0.5, 0.6) is 0 Å². The minimum atomic E-state index is -0.385. The normalized spacial score (nSPS) is 10.8. The third-order valence-corrected chi connectivity index (χ3v) is 4.13. The molecule has 3 aromatic rings. The van der Waals surface area contributed by atoms with E-state index in [-0.39, 0.29) is 17.0 Å². The van der Waals surface area contributed by atoms with Gasteiger partial charge in [-0.2, -0.15) is 5.26 Å². The van der Waals surface area contributed by atoms with E-state index < -0.39 is 0 Å². The Kier molecular flexibility index (Phi) is 5.37. The van der Waals surface area contributed by atoms with Gasteiger partial charge in [-0.1, -0.05) is 45.0 Å². The number of nitrogens with one attached hydrogen (secondary N) is 2. The maximum absolute atomic E-state index is 12.4. The molecule has 1 amide bonds. The minimum absolute atomic E-state index is 0.0190. The lowest BCUT2D eigenvalue weighted by atomic mass is 9.86. The smallest absolute Gasteiger partial charge is 0.275 e. The monoisotopic (exact) mass is 371 g/mol. The number of para-hydroxylation sites is 1. The number of carbonyl (C=O) groups is 1. The van der Waals surface area contributed by atoms with Gasteiger partial charge in [0.25, 0.3) is 5.91 Å². The fourth-order valence-electron chi connectivity index (χ4n) is 2.76. The van der Waals surface area contributed by atoms with Crippen molar-refractivity contribution in [1.82, 2.24) is 9.97 Å². The first-order valence-corrected chi connectivity index (χ1v) is 8.87. The van der Waals surface area contributed by atoms with Crippen molar-refractivity contribution >= 4 is 23.1 Å². The number of hydrogen-bond acceptors (Lipinski definition) is 5. The number of nitrogens with zero attached hydrogens (tertiary/aromatic N) is 3. The number of amides is 1. The number of anilines is 3. The van der Waals surface area contributed by atoms with E-state index in [1.807, 2.05) is 24.3 Å². The Morgan fingerprint density at radius 3 is 2.50 bits per heavy atom. The second-order valence-electron chi connectivity index (χ2n) is 7.35. The highest BCUT2D eigenvalue weighted by Gasteiger charge is 2.18. The first kappa shape index (κ1) is 19.1. The topological polar surface area (TPSA) is 90.7 Å². The van der Waals surface area contributed by atoms with Gasteiger partial charge in [-0.15, -0.1) is 0 Å². The van der Waals surface area contributed by atoms with Crippen molar-refractivity contribution in [3.63, 3.8) is 0 Å². The van der Waals surface area contributed by atoms with Crippen molar-refractivity contribution in [2.24, 2.45) is 0 Å². The summed E-state index contributed by atoms with van der Waals surface area (Å²) in [7, 11) is 0. The third-order valence-electron chi connectivity index (χ3n) is 4.13. The van der Waals surface area contributed by atoms with Gasteiger partial charge >= 0.3 is 0 Å². The number of aromatic nitrogens is 2. The number of benzene rings is 2. The molecule has 0 saturated carbocycles. The van der Waals surface area contributed by atoms with Crippen molar-refractivity contribution in [3.05, 3.63) is 77.7 Å². The Morgan fingerprint density at radius 1 is 1.04 bits per heavy atom. The predicted molar refractivity (Wildman–Crippen MR) is 110 cm³/mol. The molecule has 2 aromatic carbocycles.